The lowest BCUT2D eigenvalue weighted by atomic mass is 9.96. The van der Waals surface area contributed by atoms with Gasteiger partial charge in [0.15, 0.2) is 0 Å². The molecule has 5 heteroatoms. The van der Waals surface area contributed by atoms with Crippen molar-refractivity contribution in [1.29, 1.82) is 0 Å². The Kier molecular flexibility index (Phi) is 4.27. The summed E-state index contributed by atoms with van der Waals surface area (Å²) in [6.45, 7) is 2.65. The minimum absolute atomic E-state index is 0.0391. The second-order valence-electron chi connectivity index (χ2n) is 5.03. The van der Waals surface area contributed by atoms with Crippen molar-refractivity contribution >= 4 is 11.6 Å². The van der Waals surface area contributed by atoms with Crippen molar-refractivity contribution in [3.05, 3.63) is 23.8 Å². The van der Waals surface area contributed by atoms with E-state index in [0.29, 0.717) is 11.4 Å². The van der Waals surface area contributed by atoms with Crippen LogP contribution in [-0.2, 0) is 11.3 Å². The number of likely N-dealkylation sites (tertiary alicyclic amines) is 1. The Labute approximate surface area is 113 Å². The van der Waals surface area contributed by atoms with Gasteiger partial charge in [0.25, 0.3) is 0 Å². The summed E-state index contributed by atoms with van der Waals surface area (Å²) in [5.41, 5.74) is 13.0. The fourth-order valence-corrected chi connectivity index (χ4v) is 2.52. The number of carbonyl (C=O) groups excluding carboxylic acids is 1. The molecule has 5 nitrogen and oxygen atoms in total. The van der Waals surface area contributed by atoms with Crippen molar-refractivity contribution in [1.82, 2.24) is 4.90 Å². The Morgan fingerprint density at radius 3 is 2.63 bits per heavy atom. The van der Waals surface area contributed by atoms with Crippen LogP contribution in [0.15, 0.2) is 18.2 Å². The molecule has 104 valence electrons. The van der Waals surface area contributed by atoms with E-state index in [4.69, 9.17) is 16.2 Å². The lowest BCUT2D eigenvalue weighted by Crippen LogP contribution is -2.38. The molecule has 0 saturated carbocycles. The monoisotopic (exact) mass is 263 g/mol. The zero-order valence-electron chi connectivity index (χ0n) is 11.3. The molecule has 4 N–H and O–H groups in total. The highest BCUT2D eigenvalue weighted by molar-refractivity contribution is 5.76. The molecule has 0 aromatic heterocycles. The molecule has 0 spiro atoms. The summed E-state index contributed by atoms with van der Waals surface area (Å²) in [7, 11) is 1.61. The Morgan fingerprint density at radius 2 is 2.11 bits per heavy atom. The van der Waals surface area contributed by atoms with E-state index >= 15 is 0 Å². The maximum absolute atomic E-state index is 11.1. The van der Waals surface area contributed by atoms with Crippen LogP contribution >= 0.6 is 0 Å². The Morgan fingerprint density at radius 1 is 1.42 bits per heavy atom. The molecule has 1 aromatic rings. The molecule has 1 aliphatic heterocycles. The first kappa shape index (κ1) is 13.7. The van der Waals surface area contributed by atoms with Crippen molar-refractivity contribution < 1.29 is 9.53 Å². The highest BCUT2D eigenvalue weighted by Gasteiger charge is 2.22. The van der Waals surface area contributed by atoms with Crippen LogP contribution < -0.4 is 16.2 Å². The van der Waals surface area contributed by atoms with Crippen LogP contribution in [-0.4, -0.2) is 31.0 Å². The number of benzene rings is 1. The number of nitrogens with zero attached hydrogens (tertiary/aromatic N) is 1. The van der Waals surface area contributed by atoms with Crippen LogP contribution in [0.3, 0.4) is 0 Å². The first-order valence-corrected chi connectivity index (χ1v) is 6.54. The third-order valence-corrected chi connectivity index (χ3v) is 3.69. The number of carbonyl (C=O) groups is 1. The molecule has 1 fully saturated rings. The van der Waals surface area contributed by atoms with Crippen molar-refractivity contribution in [2.24, 2.45) is 11.7 Å². The summed E-state index contributed by atoms with van der Waals surface area (Å²) >= 11 is 0. The average molecular weight is 263 g/mol. The van der Waals surface area contributed by atoms with Crippen LogP contribution in [0, 0.1) is 5.92 Å². The van der Waals surface area contributed by atoms with Crippen LogP contribution in [0.1, 0.15) is 18.4 Å². The van der Waals surface area contributed by atoms with Gasteiger partial charge in [-0.1, -0.05) is 6.07 Å². The second-order valence-corrected chi connectivity index (χ2v) is 5.03. The number of nitrogen functional groups attached to an aromatic ring is 1. The van der Waals surface area contributed by atoms with Gasteiger partial charge in [-0.05, 0) is 43.6 Å². The normalized spacial score (nSPS) is 17.3. The fourth-order valence-electron chi connectivity index (χ4n) is 2.52. The number of amides is 1. The molecule has 0 radical (unpaired) electrons. The van der Waals surface area contributed by atoms with Gasteiger partial charge in [-0.25, -0.2) is 0 Å². The van der Waals surface area contributed by atoms with Gasteiger partial charge < -0.3 is 16.2 Å². The Bertz CT molecular complexity index is 454. The number of ether oxygens (including phenoxy) is 1. The van der Waals surface area contributed by atoms with Gasteiger partial charge in [0, 0.05) is 12.5 Å². The number of anilines is 1. The number of piperidine rings is 1. The van der Waals surface area contributed by atoms with Gasteiger partial charge in [0.1, 0.15) is 5.75 Å². The number of primary amides is 1. The van der Waals surface area contributed by atoms with E-state index in [0.717, 1.165) is 38.0 Å². The molecular formula is C14H21N3O2. The van der Waals surface area contributed by atoms with Crippen molar-refractivity contribution in [3.63, 3.8) is 0 Å². The summed E-state index contributed by atoms with van der Waals surface area (Å²) in [5.74, 6) is 0.571. The highest BCUT2D eigenvalue weighted by Crippen LogP contribution is 2.24. The molecule has 2 rings (SSSR count). The molecule has 0 atom stereocenters. The summed E-state index contributed by atoms with van der Waals surface area (Å²) in [6, 6.07) is 5.86. The van der Waals surface area contributed by atoms with Crippen LogP contribution in [0.4, 0.5) is 5.69 Å². The number of hydrogen-bond donors (Lipinski definition) is 2. The molecule has 0 aliphatic carbocycles. The molecule has 1 aromatic carbocycles. The van der Waals surface area contributed by atoms with Crippen molar-refractivity contribution in [3.8, 4) is 5.75 Å². The van der Waals surface area contributed by atoms with Gasteiger partial charge in [0.2, 0.25) is 5.91 Å². The van der Waals surface area contributed by atoms with Gasteiger partial charge in [-0.2, -0.15) is 0 Å². The van der Waals surface area contributed by atoms with E-state index in [-0.39, 0.29) is 11.8 Å². The average Bonchev–Trinajstić information content (AvgIpc) is 2.39. The molecule has 1 aliphatic rings. The first-order valence-electron chi connectivity index (χ1n) is 6.54. The van der Waals surface area contributed by atoms with Crippen molar-refractivity contribution in [2.75, 3.05) is 25.9 Å². The van der Waals surface area contributed by atoms with Gasteiger partial charge in [-0.15, -0.1) is 0 Å². The predicted octanol–water partition coefficient (Wildman–Crippen LogP) is 0.975. The van der Waals surface area contributed by atoms with Gasteiger partial charge >= 0.3 is 0 Å². The van der Waals surface area contributed by atoms with E-state index in [1.807, 2.05) is 18.2 Å². The summed E-state index contributed by atoms with van der Waals surface area (Å²) in [5, 5.41) is 0. The number of methoxy groups -OCH3 is 1. The zero-order chi connectivity index (χ0) is 13.8. The maximum atomic E-state index is 11.1. The number of hydrogen-bond acceptors (Lipinski definition) is 4. The third-order valence-electron chi connectivity index (χ3n) is 3.69. The molecule has 1 amide bonds. The van der Waals surface area contributed by atoms with E-state index < -0.39 is 0 Å². The van der Waals surface area contributed by atoms with E-state index in [1.54, 1.807) is 7.11 Å². The third kappa shape index (κ3) is 3.38. The Balaban J connectivity index is 1.92. The Hall–Kier alpha value is -1.75. The second kappa shape index (κ2) is 5.93. The quantitative estimate of drug-likeness (QED) is 0.793. The summed E-state index contributed by atoms with van der Waals surface area (Å²) in [6.07, 6.45) is 1.70. The molecule has 19 heavy (non-hydrogen) atoms. The van der Waals surface area contributed by atoms with E-state index in [1.165, 1.54) is 0 Å². The van der Waals surface area contributed by atoms with Crippen LogP contribution in [0.5, 0.6) is 5.75 Å². The van der Waals surface area contributed by atoms with Crippen molar-refractivity contribution in [2.45, 2.75) is 19.4 Å². The van der Waals surface area contributed by atoms with E-state index in [2.05, 4.69) is 4.90 Å². The van der Waals surface area contributed by atoms with Gasteiger partial charge in [0.05, 0.1) is 12.8 Å². The minimum Gasteiger partial charge on any atom is -0.495 e. The van der Waals surface area contributed by atoms with E-state index in [9.17, 15) is 4.79 Å². The molecule has 0 unspecified atom stereocenters. The SMILES string of the molecule is COc1ccc(CN2CCC(C(N)=O)CC2)cc1N. The number of nitrogens with two attached hydrogens (primary N) is 2. The first-order chi connectivity index (χ1) is 9.10. The highest BCUT2D eigenvalue weighted by atomic mass is 16.5. The van der Waals surface area contributed by atoms with Gasteiger partial charge in [-0.3, -0.25) is 9.69 Å². The van der Waals surface area contributed by atoms with Crippen LogP contribution in [0.25, 0.3) is 0 Å². The fraction of sp³-hybridized carbons (Fsp3) is 0.500. The predicted molar refractivity (Wildman–Crippen MR) is 74.6 cm³/mol. The summed E-state index contributed by atoms with van der Waals surface area (Å²) in [4.78, 5) is 13.4. The topological polar surface area (TPSA) is 81.6 Å². The molecular weight excluding hydrogens is 242 g/mol. The largest absolute Gasteiger partial charge is 0.495 e. The zero-order valence-corrected chi connectivity index (χ0v) is 11.3. The molecule has 1 saturated heterocycles. The maximum Gasteiger partial charge on any atom is 0.220 e. The molecule has 0 bridgehead atoms. The number of rotatable bonds is 4. The molecule has 1 heterocycles. The minimum atomic E-state index is -0.173. The van der Waals surface area contributed by atoms with Crippen LogP contribution in [0.2, 0.25) is 0 Å². The lowest BCUT2D eigenvalue weighted by Gasteiger charge is -2.30. The summed E-state index contributed by atoms with van der Waals surface area (Å²) < 4.78 is 5.14. The lowest BCUT2D eigenvalue weighted by molar-refractivity contribution is -0.123. The smallest absolute Gasteiger partial charge is 0.220 e. The standard InChI is InChI=1S/C14H21N3O2/c1-19-13-3-2-10(8-12(13)15)9-17-6-4-11(5-7-17)14(16)18/h2-3,8,11H,4-7,9,15H2,1H3,(H2,16,18).